The predicted octanol–water partition coefficient (Wildman–Crippen LogP) is 7.64. The van der Waals surface area contributed by atoms with E-state index in [-0.39, 0.29) is 22.3 Å². The summed E-state index contributed by atoms with van der Waals surface area (Å²) in [5.74, 6) is -8.36. The first kappa shape index (κ1) is 57.9. The van der Waals surface area contributed by atoms with E-state index < -0.39 is 155 Å². The van der Waals surface area contributed by atoms with Crippen molar-refractivity contribution in [2.45, 2.75) is 153 Å². The molecule has 3 aliphatic carbocycles. The van der Waals surface area contributed by atoms with E-state index in [9.17, 15) is 45.9 Å². The molecule has 76 heavy (non-hydrogen) atoms. The summed E-state index contributed by atoms with van der Waals surface area (Å²) in [5.41, 5.74) is -15.4. The molecule has 3 aromatic carbocycles. The summed E-state index contributed by atoms with van der Waals surface area (Å²) >= 11 is 0. The lowest BCUT2D eigenvalue weighted by atomic mass is 9.44. The summed E-state index contributed by atoms with van der Waals surface area (Å²) in [7, 11) is -9.64. The molecule has 7 rings (SSSR count). The molecule has 2 bridgehead atoms. The quantitative estimate of drug-likeness (QED) is 0.0394. The van der Waals surface area contributed by atoms with Crippen molar-refractivity contribution in [3.05, 3.63) is 119 Å². The van der Waals surface area contributed by atoms with Crippen LogP contribution in [0.2, 0.25) is 18.1 Å². The maximum absolute atomic E-state index is 16.1. The summed E-state index contributed by atoms with van der Waals surface area (Å²) in [5, 5.41) is 16.5. The summed E-state index contributed by atoms with van der Waals surface area (Å²) in [6, 6.07) is 22.7. The number of nitrogens with one attached hydrogen (secondary N) is 1. The second kappa shape index (κ2) is 20.5. The number of carbonyl (C=O) groups is 6. The average Bonchev–Trinajstić information content (AvgIpc) is 3.32. The van der Waals surface area contributed by atoms with Crippen LogP contribution in [0.3, 0.4) is 0 Å². The molecule has 412 valence electrons. The number of esters is 4. The second-order valence-electron chi connectivity index (χ2n) is 22.2. The highest BCUT2D eigenvalue weighted by atomic mass is 32.2. The molecule has 2 N–H and O–H groups in total. The average molecular weight is 1100 g/mol. The Morgan fingerprint density at radius 2 is 1.38 bits per heavy atom. The maximum Gasteiger partial charge on any atom is 0.523 e. The van der Waals surface area contributed by atoms with Crippen LogP contribution in [0.15, 0.2) is 102 Å². The van der Waals surface area contributed by atoms with E-state index in [0.717, 1.165) is 20.8 Å². The van der Waals surface area contributed by atoms with Crippen LogP contribution in [0.1, 0.15) is 107 Å². The minimum absolute atomic E-state index is 0.00999. The molecule has 0 unspecified atom stereocenters. The molecule has 3 aromatic rings. The fourth-order valence-electron chi connectivity index (χ4n) is 11.1. The van der Waals surface area contributed by atoms with E-state index in [1.807, 2.05) is 33.9 Å². The topological polar surface area (TPSA) is 233 Å². The molecular weight excluding hydrogens is 1040 g/mol. The zero-order valence-electron chi connectivity index (χ0n) is 44.0. The number of alkyl halides is 3. The van der Waals surface area contributed by atoms with Gasteiger partial charge in [-0.1, -0.05) is 101 Å². The Morgan fingerprint density at radius 3 is 1.88 bits per heavy atom. The Kier molecular flexibility index (Phi) is 15.7. The Balaban J connectivity index is 1.49. The fourth-order valence-corrected chi connectivity index (χ4v) is 13.0. The van der Waals surface area contributed by atoms with Gasteiger partial charge in [-0.05, 0) is 73.0 Å². The van der Waals surface area contributed by atoms with Crippen LogP contribution in [0.25, 0.3) is 0 Å². The largest absolute Gasteiger partial charge is 0.523 e. The maximum atomic E-state index is 16.1. The Labute approximate surface area is 440 Å². The summed E-state index contributed by atoms with van der Waals surface area (Å²) < 4.78 is 112. The zero-order chi connectivity index (χ0) is 56.4. The van der Waals surface area contributed by atoms with E-state index in [0.29, 0.717) is 5.56 Å². The van der Waals surface area contributed by atoms with Crippen molar-refractivity contribution in [1.82, 2.24) is 5.32 Å². The number of ether oxygens (including phenoxy) is 5. The third kappa shape index (κ3) is 10.3. The molecule has 17 nitrogen and oxygen atoms in total. The van der Waals surface area contributed by atoms with Gasteiger partial charge in [0.1, 0.15) is 23.9 Å². The van der Waals surface area contributed by atoms with Gasteiger partial charge in [-0.15, -0.1) is 0 Å². The van der Waals surface area contributed by atoms with Gasteiger partial charge in [-0.25, -0.2) is 9.59 Å². The molecule has 4 aliphatic rings. The zero-order valence-corrected chi connectivity index (χ0v) is 45.8. The van der Waals surface area contributed by atoms with Crippen LogP contribution >= 0.6 is 0 Å². The number of Topliss-reactive ketones (excluding diaryl/α,β-unsaturated/α-hetero) is 1. The SMILES string of the molecule is CC(=O)O[C@H]1C(=O)[C@]2(C)[C@@H](OS(=O)(=O)C(F)(F)F)C[C@H]3OC[C@@]3(OC(C)=O)[C@H]2[C@H](OC(=O)c2ccccc2)[C@]2(O)C[C@H](OC(=O)[C@H](O[Si](C)(C)C(C)(C)C)[C@@H](NC(=O)c3ccccc3)c3ccccc3)C(C)=C1C2(C)C. The van der Waals surface area contributed by atoms with E-state index >= 15 is 9.59 Å². The number of hydrogen-bond donors (Lipinski definition) is 2. The number of halogens is 3. The fraction of sp³-hybridized carbons (Fsp3) is 0.519. The van der Waals surface area contributed by atoms with Crippen LogP contribution in [0.5, 0.6) is 0 Å². The number of hydrogen-bond acceptors (Lipinski definition) is 16. The number of amides is 1. The lowest BCUT2D eigenvalue weighted by Gasteiger charge is -2.67. The number of aliphatic hydroxyl groups is 1. The lowest BCUT2D eigenvalue weighted by Crippen LogP contribution is -2.82. The molecular formula is C54H64F3NO16SSi. The van der Waals surface area contributed by atoms with Crippen molar-refractivity contribution < 1.29 is 87.8 Å². The Bertz CT molecular complexity index is 2900. The van der Waals surface area contributed by atoms with Crippen molar-refractivity contribution in [1.29, 1.82) is 0 Å². The monoisotopic (exact) mass is 1100 g/mol. The van der Waals surface area contributed by atoms with Gasteiger partial charge in [0.25, 0.3) is 5.91 Å². The number of benzene rings is 3. The molecule has 22 heteroatoms. The predicted molar refractivity (Wildman–Crippen MR) is 268 cm³/mol. The Morgan fingerprint density at radius 1 is 0.829 bits per heavy atom. The van der Waals surface area contributed by atoms with E-state index in [1.54, 1.807) is 66.7 Å². The van der Waals surface area contributed by atoms with E-state index in [1.165, 1.54) is 45.0 Å². The molecule has 1 amide bonds. The third-order valence-corrected chi connectivity index (χ3v) is 21.7. The molecule has 2 saturated carbocycles. The van der Waals surface area contributed by atoms with E-state index in [4.69, 9.17) is 32.3 Å². The van der Waals surface area contributed by atoms with Crippen LogP contribution in [-0.2, 0) is 61.6 Å². The van der Waals surface area contributed by atoms with Gasteiger partial charge in [0.15, 0.2) is 31.9 Å². The first-order valence-electron chi connectivity index (χ1n) is 24.7. The Hall–Kier alpha value is -5.78. The lowest BCUT2D eigenvalue weighted by molar-refractivity contribution is -0.344. The van der Waals surface area contributed by atoms with Crippen LogP contribution in [-0.4, -0.2) is 117 Å². The van der Waals surface area contributed by atoms with Crippen molar-refractivity contribution in [3.8, 4) is 0 Å². The van der Waals surface area contributed by atoms with Gasteiger partial charge >= 0.3 is 39.5 Å². The molecule has 0 radical (unpaired) electrons. The number of rotatable bonds is 14. The number of ketones is 1. The molecule has 0 spiro atoms. The molecule has 1 aliphatic heterocycles. The van der Waals surface area contributed by atoms with Gasteiger partial charge in [0, 0.05) is 37.7 Å². The molecule has 0 aromatic heterocycles. The smallest absolute Gasteiger partial charge is 0.456 e. The van der Waals surface area contributed by atoms with Gasteiger partial charge in [0.05, 0.1) is 35.6 Å². The van der Waals surface area contributed by atoms with Gasteiger partial charge in [0.2, 0.25) is 0 Å². The minimum Gasteiger partial charge on any atom is -0.456 e. The number of fused-ring (bicyclic) bond motifs is 5. The van der Waals surface area contributed by atoms with Crippen molar-refractivity contribution in [2.75, 3.05) is 6.61 Å². The highest BCUT2D eigenvalue weighted by molar-refractivity contribution is 7.87. The summed E-state index contributed by atoms with van der Waals surface area (Å²) in [6.45, 7) is 16.1. The molecule has 11 atom stereocenters. The first-order chi connectivity index (χ1) is 35.1. The highest BCUT2D eigenvalue weighted by Gasteiger charge is 2.79. The van der Waals surface area contributed by atoms with Crippen LogP contribution in [0, 0.1) is 16.7 Å². The van der Waals surface area contributed by atoms with E-state index in [2.05, 4.69) is 5.32 Å². The summed E-state index contributed by atoms with van der Waals surface area (Å²) in [4.78, 5) is 87.1. The molecule has 1 heterocycles. The summed E-state index contributed by atoms with van der Waals surface area (Å²) in [6.07, 6.45) is -13.3. The highest BCUT2D eigenvalue weighted by Crippen LogP contribution is 2.65. The van der Waals surface area contributed by atoms with Crippen LogP contribution < -0.4 is 5.32 Å². The number of carbonyl (C=O) groups excluding carboxylic acids is 6. The van der Waals surface area contributed by atoms with Gasteiger partial charge < -0.3 is 38.5 Å². The standard InChI is InChI=1S/C54H64F3NO16SSi/c1-30-36(70-48(64)42(74-76(10,11)49(4,5)6)40(33-21-15-12-16-22-33)58-46(62)34-23-17-13-18-24-34)28-53(65)45(71-47(63)35-25-19-14-20-26-35)43-51(9,44(61)41(69-31(2)59)39(30)50(53,7)8)37(73-75(66,67)54(55,56)57)27-38-52(43,29-68-38)72-32(3)60/h12-26,36-38,40-43,45,65H,27-29H2,1-11H3,(H,58,62)/t36-,37-,38+,40-,41+,42+,43-,45-,51+,52-,53+/m0/s1. The first-order valence-corrected chi connectivity index (χ1v) is 29.0. The normalized spacial score (nSPS) is 29.1. The third-order valence-electron chi connectivity index (χ3n) is 16.2. The van der Waals surface area contributed by atoms with Crippen LogP contribution in [0.4, 0.5) is 13.2 Å². The van der Waals surface area contributed by atoms with Gasteiger partial charge in [-0.2, -0.15) is 21.6 Å². The van der Waals surface area contributed by atoms with Crippen molar-refractivity contribution >= 4 is 54.0 Å². The van der Waals surface area contributed by atoms with Gasteiger partial charge in [-0.3, -0.25) is 23.4 Å². The van der Waals surface area contributed by atoms with Crippen molar-refractivity contribution in [3.63, 3.8) is 0 Å². The minimum atomic E-state index is -6.58. The molecule has 3 fully saturated rings. The molecule has 1 saturated heterocycles. The van der Waals surface area contributed by atoms with Crippen molar-refractivity contribution in [2.24, 2.45) is 16.7 Å². The second-order valence-corrected chi connectivity index (χ2v) is 28.5.